The number of rotatable bonds is 3. The Morgan fingerprint density at radius 3 is 2.67 bits per heavy atom. The summed E-state index contributed by atoms with van der Waals surface area (Å²) in [6.45, 7) is 3.96. The normalized spacial score (nSPS) is 15.3. The van der Waals surface area contributed by atoms with Crippen LogP contribution in [-0.2, 0) is 0 Å². The van der Waals surface area contributed by atoms with Gasteiger partial charge in [0.1, 0.15) is 5.82 Å². The van der Waals surface area contributed by atoms with E-state index in [1.165, 1.54) is 5.56 Å². The lowest BCUT2D eigenvalue weighted by atomic mass is 10.1. The van der Waals surface area contributed by atoms with Gasteiger partial charge in [-0.1, -0.05) is 0 Å². The number of nitrogens with zero attached hydrogens (tertiary/aromatic N) is 4. The van der Waals surface area contributed by atoms with E-state index in [0.29, 0.717) is 12.0 Å². The zero-order chi connectivity index (χ0) is 12.4. The Morgan fingerprint density at radius 2 is 1.94 bits per heavy atom. The van der Waals surface area contributed by atoms with Gasteiger partial charge >= 0.3 is 0 Å². The Morgan fingerprint density at radius 1 is 1.17 bits per heavy atom. The predicted molar refractivity (Wildman–Crippen MR) is 70.6 cm³/mol. The van der Waals surface area contributed by atoms with Gasteiger partial charge in [0.2, 0.25) is 5.95 Å². The highest BCUT2D eigenvalue weighted by Crippen LogP contribution is 2.20. The van der Waals surface area contributed by atoms with Gasteiger partial charge < -0.3 is 10.2 Å². The average Bonchev–Trinajstić information content (AvgIpc) is 2.34. The van der Waals surface area contributed by atoms with Crippen LogP contribution >= 0.6 is 0 Å². The van der Waals surface area contributed by atoms with E-state index in [9.17, 15) is 0 Å². The van der Waals surface area contributed by atoms with E-state index in [4.69, 9.17) is 0 Å². The minimum absolute atomic E-state index is 0.398. The molecule has 0 unspecified atom stereocenters. The molecule has 3 rings (SSSR count). The molecule has 0 atom stereocenters. The van der Waals surface area contributed by atoms with Gasteiger partial charge in [-0.2, -0.15) is 0 Å². The summed E-state index contributed by atoms with van der Waals surface area (Å²) in [5.74, 6) is 1.74. The van der Waals surface area contributed by atoms with E-state index in [1.807, 2.05) is 18.3 Å². The standard InChI is InChI=1S/C13H15N5/c1-10-3-6-14-12(7-10)18-8-11(9-18)17-13-15-4-2-5-16-13/h2-7,11H,8-9H2,1H3,(H,15,16,17). The molecule has 0 radical (unpaired) electrons. The third-order valence-corrected chi connectivity index (χ3v) is 3.01. The van der Waals surface area contributed by atoms with E-state index in [-0.39, 0.29) is 0 Å². The minimum atomic E-state index is 0.398. The maximum atomic E-state index is 4.37. The first-order chi connectivity index (χ1) is 8.81. The van der Waals surface area contributed by atoms with Crippen molar-refractivity contribution >= 4 is 11.8 Å². The molecule has 0 aliphatic carbocycles. The van der Waals surface area contributed by atoms with Crippen LogP contribution in [0, 0.1) is 6.92 Å². The Balaban J connectivity index is 1.57. The second-order valence-corrected chi connectivity index (χ2v) is 4.51. The van der Waals surface area contributed by atoms with Crippen LogP contribution in [-0.4, -0.2) is 34.1 Å². The molecule has 92 valence electrons. The van der Waals surface area contributed by atoms with Crippen LogP contribution in [0.25, 0.3) is 0 Å². The minimum Gasteiger partial charge on any atom is -0.352 e. The number of hydrogen-bond acceptors (Lipinski definition) is 5. The first kappa shape index (κ1) is 11.0. The molecule has 2 aromatic heterocycles. The van der Waals surface area contributed by atoms with Crippen LogP contribution in [0.1, 0.15) is 5.56 Å². The van der Waals surface area contributed by atoms with Crippen molar-refractivity contribution in [3.63, 3.8) is 0 Å². The summed E-state index contributed by atoms with van der Waals surface area (Å²) in [5.41, 5.74) is 1.24. The molecule has 0 amide bonds. The molecular weight excluding hydrogens is 226 g/mol. The summed E-state index contributed by atoms with van der Waals surface area (Å²) >= 11 is 0. The van der Waals surface area contributed by atoms with Crippen LogP contribution in [0.5, 0.6) is 0 Å². The molecule has 0 bridgehead atoms. The third kappa shape index (κ3) is 2.25. The smallest absolute Gasteiger partial charge is 0.222 e. The van der Waals surface area contributed by atoms with Crippen molar-refractivity contribution in [3.8, 4) is 0 Å². The number of pyridine rings is 1. The summed E-state index contributed by atoms with van der Waals surface area (Å²) in [6.07, 6.45) is 5.34. The summed E-state index contributed by atoms with van der Waals surface area (Å²) in [7, 11) is 0. The average molecular weight is 241 g/mol. The lowest BCUT2D eigenvalue weighted by molar-refractivity contribution is 0.541. The molecule has 1 fully saturated rings. The number of anilines is 2. The molecule has 0 spiro atoms. The van der Waals surface area contributed by atoms with E-state index < -0.39 is 0 Å². The molecule has 1 saturated heterocycles. The maximum absolute atomic E-state index is 4.37. The first-order valence-electron chi connectivity index (χ1n) is 6.02. The summed E-state index contributed by atoms with van der Waals surface area (Å²) < 4.78 is 0. The third-order valence-electron chi connectivity index (χ3n) is 3.01. The highest BCUT2D eigenvalue weighted by Gasteiger charge is 2.28. The van der Waals surface area contributed by atoms with Crippen molar-refractivity contribution in [2.75, 3.05) is 23.3 Å². The van der Waals surface area contributed by atoms with Gasteiger partial charge in [0.05, 0.1) is 6.04 Å². The maximum Gasteiger partial charge on any atom is 0.222 e. The van der Waals surface area contributed by atoms with Crippen LogP contribution in [0.2, 0.25) is 0 Å². The molecule has 3 heterocycles. The van der Waals surface area contributed by atoms with Crippen LogP contribution in [0.15, 0.2) is 36.8 Å². The summed E-state index contributed by atoms with van der Waals surface area (Å²) in [5, 5.41) is 3.30. The Labute approximate surface area is 106 Å². The van der Waals surface area contributed by atoms with E-state index in [0.717, 1.165) is 18.9 Å². The zero-order valence-corrected chi connectivity index (χ0v) is 10.2. The predicted octanol–water partition coefficient (Wildman–Crippen LogP) is 1.48. The summed E-state index contributed by atoms with van der Waals surface area (Å²) in [6, 6.07) is 6.33. The van der Waals surface area contributed by atoms with Gasteiger partial charge in [0, 0.05) is 31.7 Å². The van der Waals surface area contributed by atoms with Crippen LogP contribution < -0.4 is 10.2 Å². The molecule has 5 heteroatoms. The number of aromatic nitrogens is 3. The van der Waals surface area contributed by atoms with Crippen LogP contribution in [0.3, 0.4) is 0 Å². The summed E-state index contributed by atoms with van der Waals surface area (Å²) in [4.78, 5) is 14.9. The van der Waals surface area contributed by atoms with Gasteiger partial charge in [-0.3, -0.25) is 0 Å². The molecule has 0 saturated carbocycles. The van der Waals surface area contributed by atoms with Crippen molar-refractivity contribution in [1.82, 2.24) is 15.0 Å². The molecule has 1 N–H and O–H groups in total. The van der Waals surface area contributed by atoms with E-state index >= 15 is 0 Å². The highest BCUT2D eigenvalue weighted by atomic mass is 15.3. The Hall–Kier alpha value is -2.17. The fourth-order valence-corrected chi connectivity index (χ4v) is 2.01. The lowest BCUT2D eigenvalue weighted by Crippen LogP contribution is -2.55. The fourth-order valence-electron chi connectivity index (χ4n) is 2.01. The van der Waals surface area contributed by atoms with Gasteiger partial charge in [-0.25, -0.2) is 15.0 Å². The second kappa shape index (κ2) is 4.60. The van der Waals surface area contributed by atoms with E-state index in [1.54, 1.807) is 12.4 Å². The largest absolute Gasteiger partial charge is 0.352 e. The highest BCUT2D eigenvalue weighted by molar-refractivity contribution is 5.46. The van der Waals surface area contributed by atoms with Gasteiger partial charge in [-0.05, 0) is 30.7 Å². The molecule has 5 nitrogen and oxygen atoms in total. The van der Waals surface area contributed by atoms with Crippen molar-refractivity contribution in [2.45, 2.75) is 13.0 Å². The second-order valence-electron chi connectivity index (χ2n) is 4.51. The number of hydrogen-bond donors (Lipinski definition) is 1. The van der Waals surface area contributed by atoms with Crippen LogP contribution in [0.4, 0.5) is 11.8 Å². The zero-order valence-electron chi connectivity index (χ0n) is 10.2. The van der Waals surface area contributed by atoms with Gasteiger partial charge in [0.15, 0.2) is 0 Å². The molecular formula is C13H15N5. The fraction of sp³-hybridized carbons (Fsp3) is 0.308. The van der Waals surface area contributed by atoms with E-state index in [2.05, 4.69) is 38.2 Å². The SMILES string of the molecule is Cc1ccnc(N2CC(Nc3ncccn3)C2)c1. The van der Waals surface area contributed by atoms with Crippen molar-refractivity contribution in [2.24, 2.45) is 0 Å². The number of nitrogens with one attached hydrogen (secondary N) is 1. The molecule has 1 aliphatic heterocycles. The molecule has 1 aliphatic rings. The Kier molecular flexibility index (Phi) is 2.80. The lowest BCUT2D eigenvalue weighted by Gasteiger charge is -2.40. The van der Waals surface area contributed by atoms with Crippen molar-refractivity contribution in [1.29, 1.82) is 0 Å². The number of aryl methyl sites for hydroxylation is 1. The van der Waals surface area contributed by atoms with Gasteiger partial charge in [0.25, 0.3) is 0 Å². The monoisotopic (exact) mass is 241 g/mol. The Bertz CT molecular complexity index is 522. The molecule has 0 aromatic carbocycles. The van der Waals surface area contributed by atoms with Gasteiger partial charge in [-0.15, -0.1) is 0 Å². The quantitative estimate of drug-likeness (QED) is 0.882. The topological polar surface area (TPSA) is 53.9 Å². The first-order valence-corrected chi connectivity index (χ1v) is 6.02. The van der Waals surface area contributed by atoms with Crippen molar-refractivity contribution in [3.05, 3.63) is 42.4 Å². The molecule has 2 aromatic rings. The molecule has 18 heavy (non-hydrogen) atoms. The van der Waals surface area contributed by atoms with Crippen molar-refractivity contribution < 1.29 is 0 Å².